The maximum absolute atomic E-state index is 13.2. The Kier molecular flexibility index (Phi) is 3.00. The maximum atomic E-state index is 13.2. The highest BCUT2D eigenvalue weighted by molar-refractivity contribution is 6.26. The summed E-state index contributed by atoms with van der Waals surface area (Å²) in [5.74, 6) is -0.116. The lowest BCUT2D eigenvalue weighted by molar-refractivity contribution is -0.113. The summed E-state index contributed by atoms with van der Waals surface area (Å²) in [5.41, 5.74) is 3.46. The molecule has 0 saturated carbocycles. The van der Waals surface area contributed by atoms with Crippen LogP contribution in [0.5, 0.6) is 0 Å². The molecule has 0 spiro atoms. The molecule has 0 radical (unpaired) electrons. The molecular formula is C17H13FO. The number of aryl methyl sites for hydroxylation is 1. The third-order valence-electron chi connectivity index (χ3n) is 3.39. The van der Waals surface area contributed by atoms with Gasteiger partial charge in [0.15, 0.2) is 5.78 Å². The highest BCUT2D eigenvalue weighted by atomic mass is 19.1. The molecule has 19 heavy (non-hydrogen) atoms. The zero-order valence-electron chi connectivity index (χ0n) is 10.4. The highest BCUT2D eigenvalue weighted by Crippen LogP contribution is 2.30. The summed E-state index contributed by atoms with van der Waals surface area (Å²) < 4.78 is 13.2. The molecule has 0 saturated heterocycles. The number of carbonyl (C=O) groups excluding carboxylic acids is 1. The van der Waals surface area contributed by atoms with E-state index >= 15 is 0 Å². The Morgan fingerprint density at radius 3 is 2.58 bits per heavy atom. The standard InChI is InChI=1S/C17H13FO/c18-14-7-8-15-13(11-14)6-9-17(19)16(15)10-12-4-2-1-3-5-12/h1-5,7-8,10-11H,6,9H2/b16-10-. The largest absolute Gasteiger partial charge is 0.294 e. The molecule has 1 aliphatic carbocycles. The van der Waals surface area contributed by atoms with Crippen LogP contribution in [0.25, 0.3) is 11.6 Å². The first-order chi connectivity index (χ1) is 9.24. The van der Waals surface area contributed by atoms with E-state index in [1.54, 1.807) is 6.07 Å². The quantitative estimate of drug-likeness (QED) is 0.704. The number of benzene rings is 2. The average molecular weight is 252 g/mol. The van der Waals surface area contributed by atoms with Crippen LogP contribution in [0.1, 0.15) is 23.1 Å². The Labute approximate surface area is 111 Å². The molecule has 0 amide bonds. The number of allylic oxidation sites excluding steroid dienone is 1. The van der Waals surface area contributed by atoms with Gasteiger partial charge in [0, 0.05) is 12.0 Å². The topological polar surface area (TPSA) is 17.1 Å². The van der Waals surface area contributed by atoms with Crippen molar-refractivity contribution in [1.82, 2.24) is 0 Å². The lowest BCUT2D eigenvalue weighted by Gasteiger charge is -2.18. The van der Waals surface area contributed by atoms with Gasteiger partial charge in [-0.3, -0.25) is 4.79 Å². The van der Waals surface area contributed by atoms with Gasteiger partial charge in [0.05, 0.1) is 0 Å². The number of hydrogen-bond acceptors (Lipinski definition) is 1. The Morgan fingerprint density at radius 1 is 1.00 bits per heavy atom. The fourth-order valence-corrected chi connectivity index (χ4v) is 2.44. The molecule has 2 heteroatoms. The zero-order chi connectivity index (χ0) is 13.2. The van der Waals surface area contributed by atoms with Crippen molar-refractivity contribution in [1.29, 1.82) is 0 Å². The molecule has 0 aliphatic heterocycles. The lowest BCUT2D eigenvalue weighted by Crippen LogP contribution is -2.12. The molecule has 94 valence electrons. The van der Waals surface area contributed by atoms with Gasteiger partial charge >= 0.3 is 0 Å². The summed E-state index contributed by atoms with van der Waals surface area (Å²) in [5, 5.41) is 0. The van der Waals surface area contributed by atoms with Gasteiger partial charge in [-0.2, -0.15) is 0 Å². The first kappa shape index (κ1) is 11.8. The van der Waals surface area contributed by atoms with Gasteiger partial charge in [-0.1, -0.05) is 36.4 Å². The summed E-state index contributed by atoms with van der Waals surface area (Å²) in [6.45, 7) is 0. The molecule has 0 unspecified atom stereocenters. The van der Waals surface area contributed by atoms with E-state index in [0.29, 0.717) is 18.4 Å². The number of rotatable bonds is 1. The van der Waals surface area contributed by atoms with Gasteiger partial charge in [-0.05, 0) is 41.3 Å². The number of fused-ring (bicyclic) bond motifs is 1. The third kappa shape index (κ3) is 2.34. The highest BCUT2D eigenvalue weighted by Gasteiger charge is 2.21. The van der Waals surface area contributed by atoms with Crippen LogP contribution in [-0.2, 0) is 11.2 Å². The van der Waals surface area contributed by atoms with Crippen LogP contribution >= 0.6 is 0 Å². The zero-order valence-corrected chi connectivity index (χ0v) is 10.4. The SMILES string of the molecule is O=C1CCc2cc(F)ccc2/C1=C/c1ccccc1. The first-order valence-corrected chi connectivity index (χ1v) is 6.33. The van der Waals surface area contributed by atoms with Crippen LogP contribution in [0.4, 0.5) is 4.39 Å². The molecule has 0 N–H and O–H groups in total. The molecule has 2 aromatic rings. The Balaban J connectivity index is 2.11. The summed E-state index contributed by atoms with van der Waals surface area (Å²) in [4.78, 5) is 12.1. The molecular weight excluding hydrogens is 239 g/mol. The monoisotopic (exact) mass is 252 g/mol. The molecule has 0 aromatic heterocycles. The van der Waals surface area contributed by atoms with Crippen LogP contribution in [0.2, 0.25) is 0 Å². The van der Waals surface area contributed by atoms with Gasteiger partial charge in [-0.15, -0.1) is 0 Å². The van der Waals surface area contributed by atoms with Crippen molar-refractivity contribution in [3.63, 3.8) is 0 Å². The van der Waals surface area contributed by atoms with Crippen molar-refractivity contribution in [2.24, 2.45) is 0 Å². The molecule has 1 nitrogen and oxygen atoms in total. The second-order valence-corrected chi connectivity index (χ2v) is 4.69. The molecule has 1 aliphatic rings. The Hall–Kier alpha value is -2.22. The van der Waals surface area contributed by atoms with Crippen LogP contribution in [-0.4, -0.2) is 5.78 Å². The molecule has 3 rings (SSSR count). The van der Waals surface area contributed by atoms with Gasteiger partial charge in [0.1, 0.15) is 5.82 Å². The van der Waals surface area contributed by atoms with Crippen molar-refractivity contribution >= 4 is 17.4 Å². The summed E-state index contributed by atoms with van der Waals surface area (Å²) >= 11 is 0. The second-order valence-electron chi connectivity index (χ2n) is 4.69. The predicted octanol–water partition coefficient (Wildman–Crippen LogP) is 3.88. The normalized spacial score (nSPS) is 16.5. The van der Waals surface area contributed by atoms with E-state index in [4.69, 9.17) is 0 Å². The lowest BCUT2D eigenvalue weighted by atomic mass is 9.85. The van der Waals surface area contributed by atoms with Crippen LogP contribution in [0, 0.1) is 5.82 Å². The van der Waals surface area contributed by atoms with Gasteiger partial charge in [0.2, 0.25) is 0 Å². The van der Waals surface area contributed by atoms with Gasteiger partial charge in [-0.25, -0.2) is 4.39 Å². The minimum atomic E-state index is -0.243. The fraction of sp³-hybridized carbons (Fsp3) is 0.118. The van der Waals surface area contributed by atoms with Crippen LogP contribution < -0.4 is 0 Å². The number of ketones is 1. The van der Waals surface area contributed by atoms with Crippen LogP contribution in [0.3, 0.4) is 0 Å². The van der Waals surface area contributed by atoms with E-state index in [2.05, 4.69) is 0 Å². The summed E-state index contributed by atoms with van der Waals surface area (Å²) in [6.07, 6.45) is 2.96. The number of carbonyl (C=O) groups is 1. The van der Waals surface area contributed by atoms with Crippen molar-refractivity contribution < 1.29 is 9.18 Å². The van der Waals surface area contributed by atoms with E-state index in [1.807, 2.05) is 36.4 Å². The van der Waals surface area contributed by atoms with Gasteiger partial charge in [0.25, 0.3) is 0 Å². The molecule has 2 aromatic carbocycles. The molecule has 0 fully saturated rings. The second kappa shape index (κ2) is 4.81. The predicted molar refractivity (Wildman–Crippen MR) is 74.0 cm³/mol. The number of hydrogen-bond donors (Lipinski definition) is 0. The average Bonchev–Trinajstić information content (AvgIpc) is 2.43. The fourth-order valence-electron chi connectivity index (χ4n) is 2.44. The molecule has 0 atom stereocenters. The first-order valence-electron chi connectivity index (χ1n) is 6.33. The van der Waals surface area contributed by atoms with Crippen molar-refractivity contribution in [3.05, 3.63) is 71.0 Å². The third-order valence-corrected chi connectivity index (χ3v) is 3.39. The molecule has 0 bridgehead atoms. The minimum absolute atomic E-state index is 0.128. The van der Waals surface area contributed by atoms with Crippen LogP contribution in [0.15, 0.2) is 48.5 Å². The molecule has 0 heterocycles. The maximum Gasteiger partial charge on any atom is 0.163 e. The number of Topliss-reactive ketones (excluding diaryl/α,β-unsaturated/α-hetero) is 1. The summed E-state index contributed by atoms with van der Waals surface area (Å²) in [7, 11) is 0. The van der Waals surface area contributed by atoms with Gasteiger partial charge < -0.3 is 0 Å². The van der Waals surface area contributed by atoms with E-state index in [-0.39, 0.29) is 11.6 Å². The van der Waals surface area contributed by atoms with Crippen molar-refractivity contribution in [2.75, 3.05) is 0 Å². The Morgan fingerprint density at radius 2 is 1.79 bits per heavy atom. The minimum Gasteiger partial charge on any atom is -0.294 e. The Bertz CT molecular complexity index is 656. The van der Waals surface area contributed by atoms with Crippen molar-refractivity contribution in [2.45, 2.75) is 12.8 Å². The van der Waals surface area contributed by atoms with E-state index in [0.717, 1.165) is 16.7 Å². The smallest absolute Gasteiger partial charge is 0.163 e. The van der Waals surface area contributed by atoms with E-state index in [9.17, 15) is 9.18 Å². The number of halogens is 1. The summed E-state index contributed by atoms with van der Waals surface area (Å²) in [6, 6.07) is 14.4. The van der Waals surface area contributed by atoms with E-state index < -0.39 is 0 Å². The van der Waals surface area contributed by atoms with Crippen molar-refractivity contribution in [3.8, 4) is 0 Å². The van der Waals surface area contributed by atoms with E-state index in [1.165, 1.54) is 12.1 Å².